The number of carboxylic acids is 1. The summed E-state index contributed by atoms with van der Waals surface area (Å²) in [6, 6.07) is 14.6. The molecule has 0 spiro atoms. The van der Waals surface area contributed by atoms with E-state index in [-0.39, 0.29) is 0 Å². The zero-order valence-corrected chi connectivity index (χ0v) is 12.3. The first kappa shape index (κ1) is 14.9. The lowest BCUT2D eigenvalue weighted by molar-refractivity contribution is -0.152. The van der Waals surface area contributed by atoms with Gasteiger partial charge in [-0.3, -0.25) is 0 Å². The third-order valence-corrected chi connectivity index (χ3v) is 2.95. The first-order valence-electron chi connectivity index (χ1n) is 6.64. The van der Waals surface area contributed by atoms with Gasteiger partial charge in [-0.15, -0.1) is 0 Å². The maximum atomic E-state index is 11.1. The molecule has 0 saturated carbocycles. The lowest BCUT2D eigenvalue weighted by Gasteiger charge is -2.21. The van der Waals surface area contributed by atoms with Crippen LogP contribution in [0, 0.1) is 6.92 Å². The zero-order chi connectivity index (χ0) is 15.5. The molecular weight excluding hydrogens is 268 g/mol. The maximum absolute atomic E-state index is 11.1. The molecule has 0 aromatic heterocycles. The predicted octanol–water partition coefficient (Wildman–Crippen LogP) is 4.03. The van der Waals surface area contributed by atoms with Gasteiger partial charge in [0.25, 0.3) is 0 Å². The molecule has 0 aliphatic carbocycles. The van der Waals surface area contributed by atoms with Crippen molar-refractivity contribution in [1.29, 1.82) is 0 Å². The lowest BCUT2D eigenvalue weighted by atomic mass is 10.1. The van der Waals surface area contributed by atoms with Crippen LogP contribution in [0.5, 0.6) is 17.2 Å². The van der Waals surface area contributed by atoms with Gasteiger partial charge in [0.05, 0.1) is 0 Å². The van der Waals surface area contributed by atoms with Crippen molar-refractivity contribution in [3.63, 3.8) is 0 Å². The minimum Gasteiger partial charge on any atom is -0.478 e. The fraction of sp³-hybridized carbons (Fsp3) is 0.235. The summed E-state index contributed by atoms with van der Waals surface area (Å²) in [4.78, 5) is 11.1. The highest BCUT2D eigenvalue weighted by Crippen LogP contribution is 2.27. The van der Waals surface area contributed by atoms with Gasteiger partial charge in [-0.25, -0.2) is 4.79 Å². The van der Waals surface area contributed by atoms with Crippen molar-refractivity contribution in [1.82, 2.24) is 0 Å². The highest BCUT2D eigenvalue weighted by atomic mass is 16.5. The molecule has 2 rings (SSSR count). The van der Waals surface area contributed by atoms with Crippen molar-refractivity contribution in [2.24, 2.45) is 0 Å². The molecule has 0 atom stereocenters. The summed E-state index contributed by atoms with van der Waals surface area (Å²) in [6.45, 7) is 5.01. The van der Waals surface area contributed by atoms with Crippen molar-refractivity contribution >= 4 is 5.97 Å². The van der Waals surface area contributed by atoms with Crippen LogP contribution in [-0.4, -0.2) is 16.7 Å². The SMILES string of the molecule is Cc1ccc(Oc2cccc(OC(C)(C)C(=O)O)c2)cc1. The van der Waals surface area contributed by atoms with Crippen LogP contribution in [0.3, 0.4) is 0 Å². The van der Waals surface area contributed by atoms with Gasteiger partial charge in [-0.1, -0.05) is 23.8 Å². The summed E-state index contributed by atoms with van der Waals surface area (Å²) in [6.07, 6.45) is 0. The molecule has 0 aliphatic heterocycles. The van der Waals surface area contributed by atoms with Crippen LogP contribution < -0.4 is 9.47 Å². The summed E-state index contributed by atoms with van der Waals surface area (Å²) in [7, 11) is 0. The van der Waals surface area contributed by atoms with E-state index in [4.69, 9.17) is 14.6 Å². The van der Waals surface area contributed by atoms with E-state index in [0.717, 1.165) is 11.3 Å². The summed E-state index contributed by atoms with van der Waals surface area (Å²) in [5.41, 5.74) is -0.134. The molecule has 2 aromatic carbocycles. The largest absolute Gasteiger partial charge is 0.478 e. The molecule has 4 nitrogen and oxygen atoms in total. The topological polar surface area (TPSA) is 55.8 Å². The zero-order valence-electron chi connectivity index (χ0n) is 12.3. The van der Waals surface area contributed by atoms with E-state index in [0.29, 0.717) is 11.5 Å². The number of aliphatic carboxylic acids is 1. The lowest BCUT2D eigenvalue weighted by Crippen LogP contribution is -2.37. The molecule has 1 N–H and O–H groups in total. The van der Waals surface area contributed by atoms with Crippen LogP contribution in [0.25, 0.3) is 0 Å². The van der Waals surface area contributed by atoms with E-state index in [9.17, 15) is 4.79 Å². The van der Waals surface area contributed by atoms with Gasteiger partial charge < -0.3 is 14.6 Å². The molecule has 0 radical (unpaired) electrons. The molecule has 0 aliphatic rings. The highest BCUT2D eigenvalue weighted by Gasteiger charge is 2.29. The van der Waals surface area contributed by atoms with Crippen molar-refractivity contribution < 1.29 is 19.4 Å². The third-order valence-electron chi connectivity index (χ3n) is 2.95. The Hall–Kier alpha value is -2.49. The van der Waals surface area contributed by atoms with Gasteiger partial charge in [-0.2, -0.15) is 0 Å². The molecule has 2 aromatic rings. The second kappa shape index (κ2) is 5.87. The van der Waals surface area contributed by atoms with E-state index in [1.165, 1.54) is 13.8 Å². The standard InChI is InChI=1S/C17H18O4/c1-12-7-9-13(10-8-12)20-14-5-4-6-15(11-14)21-17(2,3)16(18)19/h4-11H,1-3H3,(H,18,19). The normalized spacial score (nSPS) is 11.0. The van der Waals surface area contributed by atoms with E-state index >= 15 is 0 Å². The summed E-state index contributed by atoms with van der Waals surface area (Å²) in [5, 5.41) is 9.08. The van der Waals surface area contributed by atoms with Gasteiger partial charge in [0.2, 0.25) is 0 Å². The van der Waals surface area contributed by atoms with Gasteiger partial charge >= 0.3 is 5.97 Å². The molecule has 0 amide bonds. The van der Waals surface area contributed by atoms with Gasteiger partial charge in [0, 0.05) is 6.07 Å². The monoisotopic (exact) mass is 286 g/mol. The van der Waals surface area contributed by atoms with Crippen LogP contribution in [0.4, 0.5) is 0 Å². The molecule has 4 heteroatoms. The van der Waals surface area contributed by atoms with Gasteiger partial charge in [0.15, 0.2) is 5.60 Å². The van der Waals surface area contributed by atoms with Crippen LogP contribution >= 0.6 is 0 Å². The average Bonchev–Trinajstić information content (AvgIpc) is 2.41. The molecule has 0 unspecified atom stereocenters. The van der Waals surface area contributed by atoms with Crippen molar-refractivity contribution in [2.75, 3.05) is 0 Å². The summed E-state index contributed by atoms with van der Waals surface area (Å²) < 4.78 is 11.2. The van der Waals surface area contributed by atoms with Gasteiger partial charge in [0.1, 0.15) is 17.2 Å². The van der Waals surface area contributed by atoms with E-state index in [1.54, 1.807) is 24.3 Å². The number of rotatable bonds is 5. The smallest absolute Gasteiger partial charge is 0.347 e. The second-order valence-electron chi connectivity index (χ2n) is 5.31. The van der Waals surface area contributed by atoms with Crippen LogP contribution in [0.2, 0.25) is 0 Å². The van der Waals surface area contributed by atoms with E-state index in [2.05, 4.69) is 0 Å². The Morgan fingerprint density at radius 1 is 1.00 bits per heavy atom. The molecule has 0 saturated heterocycles. The Morgan fingerprint density at radius 3 is 2.24 bits per heavy atom. The number of hydrogen-bond donors (Lipinski definition) is 1. The highest BCUT2D eigenvalue weighted by molar-refractivity contribution is 5.76. The minimum absolute atomic E-state index is 0.451. The Morgan fingerprint density at radius 2 is 1.62 bits per heavy atom. The first-order chi connectivity index (χ1) is 9.87. The van der Waals surface area contributed by atoms with E-state index < -0.39 is 11.6 Å². The molecule has 0 heterocycles. The molecule has 0 bridgehead atoms. The Kier molecular flexibility index (Phi) is 4.17. The average molecular weight is 286 g/mol. The van der Waals surface area contributed by atoms with Gasteiger partial charge in [-0.05, 0) is 45.0 Å². The van der Waals surface area contributed by atoms with Crippen LogP contribution in [-0.2, 0) is 4.79 Å². The second-order valence-corrected chi connectivity index (χ2v) is 5.31. The van der Waals surface area contributed by atoms with Crippen molar-refractivity contribution in [2.45, 2.75) is 26.4 Å². The third kappa shape index (κ3) is 3.99. The number of aryl methyl sites for hydroxylation is 1. The maximum Gasteiger partial charge on any atom is 0.347 e. The predicted molar refractivity (Wildman–Crippen MR) is 80.0 cm³/mol. The number of carboxylic acid groups (broad SMARTS) is 1. The number of hydrogen-bond acceptors (Lipinski definition) is 3. The fourth-order valence-corrected chi connectivity index (χ4v) is 1.68. The molecule has 110 valence electrons. The Labute approximate surface area is 123 Å². The Bertz CT molecular complexity index is 629. The minimum atomic E-state index is -1.29. The molecule has 21 heavy (non-hydrogen) atoms. The fourth-order valence-electron chi connectivity index (χ4n) is 1.68. The number of benzene rings is 2. The Balaban J connectivity index is 2.14. The number of ether oxygens (including phenoxy) is 2. The van der Waals surface area contributed by atoms with Crippen LogP contribution in [0.1, 0.15) is 19.4 Å². The van der Waals surface area contributed by atoms with Crippen molar-refractivity contribution in [3.8, 4) is 17.2 Å². The molecular formula is C17H18O4. The van der Waals surface area contributed by atoms with E-state index in [1.807, 2.05) is 31.2 Å². The van der Waals surface area contributed by atoms with Crippen molar-refractivity contribution in [3.05, 3.63) is 54.1 Å². The first-order valence-corrected chi connectivity index (χ1v) is 6.64. The van der Waals surface area contributed by atoms with Crippen LogP contribution in [0.15, 0.2) is 48.5 Å². The molecule has 0 fully saturated rings. The summed E-state index contributed by atoms with van der Waals surface area (Å²) in [5.74, 6) is 0.743. The quantitative estimate of drug-likeness (QED) is 0.901. The number of carbonyl (C=O) groups is 1. The summed E-state index contributed by atoms with van der Waals surface area (Å²) >= 11 is 0.